The Morgan fingerprint density at radius 3 is 2.59 bits per heavy atom. The van der Waals surface area contributed by atoms with E-state index in [2.05, 4.69) is 29.6 Å². The van der Waals surface area contributed by atoms with Crippen molar-refractivity contribution in [2.24, 2.45) is 5.41 Å². The van der Waals surface area contributed by atoms with Gasteiger partial charge in [0.15, 0.2) is 11.6 Å². The summed E-state index contributed by atoms with van der Waals surface area (Å²) in [5, 5.41) is 9.71. The van der Waals surface area contributed by atoms with E-state index in [9.17, 15) is 9.18 Å². The minimum atomic E-state index is -0.434. The molecule has 3 aliphatic rings. The van der Waals surface area contributed by atoms with Crippen LogP contribution in [0.2, 0.25) is 5.02 Å². The molecule has 4 heterocycles. The van der Waals surface area contributed by atoms with Crippen molar-refractivity contribution in [3.05, 3.63) is 58.6 Å². The van der Waals surface area contributed by atoms with Crippen LogP contribution in [-0.4, -0.2) is 55.9 Å². The molecule has 1 aliphatic carbocycles. The minimum Gasteiger partial charge on any atom is -0.453 e. The number of ether oxygens (including phenoxy) is 1. The summed E-state index contributed by atoms with van der Waals surface area (Å²) >= 11 is 6.30. The van der Waals surface area contributed by atoms with Crippen LogP contribution in [0.15, 0.2) is 30.6 Å². The molecule has 0 bridgehead atoms. The predicted molar refractivity (Wildman–Crippen MR) is 121 cm³/mol. The summed E-state index contributed by atoms with van der Waals surface area (Å²) in [7, 11) is 1.38. The third kappa shape index (κ3) is 3.23. The lowest BCUT2D eigenvalue weighted by molar-refractivity contribution is 0.0574. The number of rotatable bonds is 2. The molecule has 34 heavy (non-hydrogen) atoms. The first kappa shape index (κ1) is 21.3. The van der Waals surface area contributed by atoms with Crippen molar-refractivity contribution >= 4 is 23.6 Å². The largest absolute Gasteiger partial charge is 0.453 e. The van der Waals surface area contributed by atoms with E-state index >= 15 is 0 Å². The Morgan fingerprint density at radius 1 is 1.18 bits per heavy atom. The molecule has 2 fully saturated rings. The highest BCUT2D eigenvalue weighted by Crippen LogP contribution is 2.56. The van der Waals surface area contributed by atoms with Crippen LogP contribution in [-0.2, 0) is 11.3 Å². The molecule has 2 aliphatic heterocycles. The van der Waals surface area contributed by atoms with E-state index in [1.807, 2.05) is 25.1 Å². The SMILES string of the molecule is COC(=O)N1Cc2cc(Cl)ccc2-n2c(C3CC4(C3)CN(c3ncc(F)cn3)C4)nnc2C1C. The van der Waals surface area contributed by atoms with Crippen LogP contribution in [0.25, 0.3) is 5.69 Å². The maximum absolute atomic E-state index is 13.1. The van der Waals surface area contributed by atoms with Gasteiger partial charge in [0.1, 0.15) is 5.82 Å². The first-order valence-electron chi connectivity index (χ1n) is 11.2. The molecular formula is C23H23ClFN7O2. The Bertz CT molecular complexity index is 1270. The highest BCUT2D eigenvalue weighted by atomic mass is 35.5. The summed E-state index contributed by atoms with van der Waals surface area (Å²) in [6.45, 7) is 3.99. The number of hydrogen-bond donors (Lipinski definition) is 0. The molecule has 2 aromatic heterocycles. The van der Waals surface area contributed by atoms with Crippen LogP contribution < -0.4 is 4.90 Å². The maximum Gasteiger partial charge on any atom is 0.410 e. The predicted octanol–water partition coefficient (Wildman–Crippen LogP) is 3.88. The van der Waals surface area contributed by atoms with Crippen LogP contribution in [0.3, 0.4) is 0 Å². The molecule has 1 saturated carbocycles. The van der Waals surface area contributed by atoms with Gasteiger partial charge in [-0.1, -0.05) is 11.6 Å². The molecule has 11 heteroatoms. The summed E-state index contributed by atoms with van der Waals surface area (Å²) in [5.41, 5.74) is 2.04. The molecule has 1 amide bonds. The van der Waals surface area contributed by atoms with Crippen LogP contribution in [0.5, 0.6) is 0 Å². The highest BCUT2D eigenvalue weighted by Gasteiger charge is 2.55. The number of aromatic nitrogens is 5. The second kappa shape index (κ2) is 7.63. The quantitative estimate of drug-likeness (QED) is 0.546. The molecule has 9 nitrogen and oxygen atoms in total. The Kier molecular flexibility index (Phi) is 4.77. The zero-order valence-corrected chi connectivity index (χ0v) is 19.5. The van der Waals surface area contributed by atoms with Crippen molar-refractivity contribution in [3.8, 4) is 5.69 Å². The molecule has 3 aromatic rings. The zero-order chi connectivity index (χ0) is 23.6. The Hall–Kier alpha value is -3.27. The topological polar surface area (TPSA) is 89.3 Å². The monoisotopic (exact) mass is 483 g/mol. The lowest BCUT2D eigenvalue weighted by Gasteiger charge is -2.58. The van der Waals surface area contributed by atoms with Crippen LogP contribution >= 0.6 is 11.6 Å². The van der Waals surface area contributed by atoms with Gasteiger partial charge in [0.05, 0.1) is 37.8 Å². The van der Waals surface area contributed by atoms with Crippen molar-refractivity contribution < 1.29 is 13.9 Å². The Labute approximate surface area is 200 Å². The van der Waals surface area contributed by atoms with E-state index in [0.29, 0.717) is 23.3 Å². The number of methoxy groups -OCH3 is 1. The first-order valence-corrected chi connectivity index (χ1v) is 11.6. The number of carbonyl (C=O) groups excluding carboxylic acids is 1. The van der Waals surface area contributed by atoms with E-state index in [4.69, 9.17) is 16.3 Å². The Morgan fingerprint density at radius 2 is 1.88 bits per heavy atom. The average molecular weight is 484 g/mol. The summed E-state index contributed by atoms with van der Waals surface area (Å²) < 4.78 is 20.2. The van der Waals surface area contributed by atoms with Gasteiger partial charge in [-0.25, -0.2) is 19.2 Å². The van der Waals surface area contributed by atoms with E-state index in [1.165, 1.54) is 19.5 Å². The number of anilines is 1. The fourth-order valence-corrected chi connectivity index (χ4v) is 5.78. The van der Waals surface area contributed by atoms with Crippen molar-refractivity contribution in [2.45, 2.75) is 38.3 Å². The summed E-state index contributed by atoms with van der Waals surface area (Å²) in [4.78, 5) is 24.4. The molecule has 1 aromatic carbocycles. The van der Waals surface area contributed by atoms with Gasteiger partial charge in [-0.15, -0.1) is 10.2 Å². The number of nitrogens with zero attached hydrogens (tertiary/aromatic N) is 7. The van der Waals surface area contributed by atoms with Crippen molar-refractivity contribution in [2.75, 3.05) is 25.1 Å². The zero-order valence-electron chi connectivity index (χ0n) is 18.8. The van der Waals surface area contributed by atoms with Gasteiger partial charge in [0, 0.05) is 29.4 Å². The van der Waals surface area contributed by atoms with Crippen molar-refractivity contribution in [1.82, 2.24) is 29.6 Å². The minimum absolute atomic E-state index is 0.187. The number of hydrogen-bond acceptors (Lipinski definition) is 7. The Balaban J connectivity index is 1.28. The molecule has 0 N–H and O–H groups in total. The second-order valence-corrected chi connectivity index (χ2v) is 9.90. The molecule has 6 rings (SSSR count). The second-order valence-electron chi connectivity index (χ2n) is 9.46. The summed E-state index contributed by atoms with van der Waals surface area (Å²) in [6, 6.07) is 5.38. The summed E-state index contributed by atoms with van der Waals surface area (Å²) in [6.07, 6.45) is 3.92. The lowest BCUT2D eigenvalue weighted by atomic mass is 9.57. The fraction of sp³-hybridized carbons (Fsp3) is 0.435. The molecular weight excluding hydrogens is 461 g/mol. The van der Waals surface area contributed by atoms with E-state index in [0.717, 1.165) is 43.0 Å². The molecule has 176 valence electrons. The highest BCUT2D eigenvalue weighted by molar-refractivity contribution is 6.30. The fourth-order valence-electron chi connectivity index (χ4n) is 5.59. The normalized spacial score (nSPS) is 20.8. The lowest BCUT2D eigenvalue weighted by Crippen LogP contribution is -2.62. The number of carbonyl (C=O) groups is 1. The van der Waals surface area contributed by atoms with Crippen molar-refractivity contribution in [1.29, 1.82) is 0 Å². The van der Waals surface area contributed by atoms with E-state index in [1.54, 1.807) is 4.90 Å². The van der Waals surface area contributed by atoms with Crippen LogP contribution in [0.1, 0.15) is 48.9 Å². The third-order valence-corrected chi connectivity index (χ3v) is 7.49. The van der Waals surface area contributed by atoms with Crippen LogP contribution in [0, 0.1) is 11.2 Å². The average Bonchev–Trinajstić information content (AvgIpc) is 3.15. The third-order valence-electron chi connectivity index (χ3n) is 7.25. The number of fused-ring (bicyclic) bond motifs is 3. The maximum atomic E-state index is 13.1. The molecule has 1 saturated heterocycles. The molecule has 0 radical (unpaired) electrons. The van der Waals surface area contributed by atoms with Gasteiger partial charge in [0.25, 0.3) is 0 Å². The van der Waals surface area contributed by atoms with Gasteiger partial charge in [-0.05, 0) is 43.5 Å². The standard InChI is InChI=1S/C23H23ClFN7O2/c1-13-19-28-29-20(15-6-23(7-15)11-30(12-23)21-26-8-17(25)9-27-21)32(19)18-4-3-16(24)5-14(18)10-31(13)22(33)34-2/h3-5,8-9,13,15H,6-7,10-12H2,1-2H3. The van der Waals surface area contributed by atoms with Gasteiger partial charge in [-0.3, -0.25) is 9.47 Å². The summed E-state index contributed by atoms with van der Waals surface area (Å²) in [5.74, 6) is 1.99. The van der Waals surface area contributed by atoms with Gasteiger partial charge in [0.2, 0.25) is 5.95 Å². The smallest absolute Gasteiger partial charge is 0.410 e. The van der Waals surface area contributed by atoms with Crippen molar-refractivity contribution in [3.63, 3.8) is 0 Å². The van der Waals surface area contributed by atoms with Gasteiger partial charge in [-0.2, -0.15) is 0 Å². The molecule has 1 atom stereocenters. The first-order chi connectivity index (χ1) is 16.4. The number of benzene rings is 1. The van der Waals surface area contributed by atoms with Crippen LogP contribution in [0.4, 0.5) is 15.1 Å². The van der Waals surface area contributed by atoms with E-state index < -0.39 is 11.9 Å². The van der Waals surface area contributed by atoms with Gasteiger partial charge < -0.3 is 9.64 Å². The molecule has 1 spiro atoms. The molecule has 1 unspecified atom stereocenters. The number of amides is 1. The number of halogens is 2. The van der Waals surface area contributed by atoms with E-state index in [-0.39, 0.29) is 17.4 Å². The van der Waals surface area contributed by atoms with Gasteiger partial charge >= 0.3 is 6.09 Å².